The molecule has 0 saturated carbocycles. The molecule has 8 aromatic rings. The molecule has 0 spiro atoms. The van der Waals surface area contributed by atoms with E-state index in [-0.39, 0.29) is 34.6 Å². The van der Waals surface area contributed by atoms with Crippen molar-refractivity contribution >= 4 is 108 Å². The highest BCUT2D eigenvalue weighted by molar-refractivity contribution is 7.87. The quantitative estimate of drug-likeness (QED) is 0.0341. The molecule has 0 aliphatic carbocycles. The van der Waals surface area contributed by atoms with Gasteiger partial charge in [-0.2, -0.15) is 16.8 Å². The number of benzene rings is 4. The van der Waals surface area contributed by atoms with Crippen LogP contribution in [0.15, 0.2) is 156 Å². The molecular formula is C62H72N6O10S4Si. The van der Waals surface area contributed by atoms with Crippen molar-refractivity contribution in [3.05, 3.63) is 178 Å². The molecule has 4 aromatic carbocycles. The Hall–Kier alpha value is -6.92. The van der Waals surface area contributed by atoms with Crippen LogP contribution in [0.2, 0.25) is 18.1 Å². The van der Waals surface area contributed by atoms with E-state index in [1.165, 1.54) is 23.5 Å². The van der Waals surface area contributed by atoms with E-state index in [4.69, 9.17) is 27.2 Å². The highest BCUT2D eigenvalue weighted by Crippen LogP contribution is 2.37. The molecule has 83 heavy (non-hydrogen) atoms. The molecule has 16 nitrogen and oxygen atoms in total. The van der Waals surface area contributed by atoms with E-state index in [1.807, 2.05) is 167 Å². The van der Waals surface area contributed by atoms with E-state index >= 15 is 0 Å². The van der Waals surface area contributed by atoms with Crippen LogP contribution in [-0.2, 0) is 33.0 Å². The Bertz CT molecular complexity index is 3760. The number of hydrogen-bond donors (Lipinski definition) is 1. The molecule has 2 atom stereocenters. The van der Waals surface area contributed by atoms with Crippen LogP contribution in [0.5, 0.6) is 11.5 Å². The molecule has 21 heteroatoms. The van der Waals surface area contributed by atoms with Crippen LogP contribution in [0, 0.1) is 13.8 Å². The average molecular weight is 1220 g/mol. The zero-order valence-corrected chi connectivity index (χ0v) is 52.9. The summed E-state index contributed by atoms with van der Waals surface area (Å²) in [7, 11) is -2.22. The average Bonchev–Trinajstić information content (AvgIpc) is 4.34. The van der Waals surface area contributed by atoms with Gasteiger partial charge in [0, 0.05) is 40.6 Å². The van der Waals surface area contributed by atoms with Crippen molar-refractivity contribution in [2.75, 3.05) is 64.4 Å². The second-order valence-corrected chi connectivity index (χ2v) is 31.5. The van der Waals surface area contributed by atoms with Crippen molar-refractivity contribution in [2.24, 2.45) is 0 Å². The van der Waals surface area contributed by atoms with Gasteiger partial charge in [-0.15, -0.1) is 22.7 Å². The summed E-state index contributed by atoms with van der Waals surface area (Å²) in [4.78, 5) is 22.2. The Balaban J connectivity index is 0.000000242. The maximum absolute atomic E-state index is 12.9. The fourth-order valence-corrected chi connectivity index (χ4v) is 12.0. The molecule has 0 radical (unpaired) electrons. The van der Waals surface area contributed by atoms with Gasteiger partial charge in [-0.05, 0) is 140 Å². The highest BCUT2D eigenvalue weighted by atomic mass is 32.2. The van der Waals surface area contributed by atoms with Crippen LogP contribution in [0.1, 0.15) is 53.0 Å². The van der Waals surface area contributed by atoms with Crippen LogP contribution in [0.25, 0.3) is 44.7 Å². The first kappa shape index (κ1) is 63.7. The van der Waals surface area contributed by atoms with Crippen molar-refractivity contribution in [1.29, 1.82) is 0 Å². The van der Waals surface area contributed by atoms with Crippen LogP contribution in [0.4, 0.5) is 11.6 Å². The van der Waals surface area contributed by atoms with Gasteiger partial charge in [-0.3, -0.25) is 8.37 Å². The molecule has 0 aliphatic rings. The maximum Gasteiger partial charge on any atom is 0.297 e. The molecule has 4 heterocycles. The van der Waals surface area contributed by atoms with Gasteiger partial charge in [0.1, 0.15) is 58.6 Å². The predicted octanol–water partition coefficient (Wildman–Crippen LogP) is 12.9. The van der Waals surface area contributed by atoms with Crippen LogP contribution >= 0.6 is 22.7 Å². The molecule has 0 amide bonds. The summed E-state index contributed by atoms with van der Waals surface area (Å²) in [5.41, 5.74) is 5.59. The summed E-state index contributed by atoms with van der Waals surface area (Å²) >= 11 is 3.04. The van der Waals surface area contributed by atoms with Gasteiger partial charge in [0.05, 0.1) is 43.4 Å². The topological polar surface area (TPSA) is 193 Å². The molecule has 0 bridgehead atoms. The van der Waals surface area contributed by atoms with E-state index in [1.54, 1.807) is 53.8 Å². The minimum absolute atomic E-state index is 0.0133. The summed E-state index contributed by atoms with van der Waals surface area (Å²) in [6, 6.07) is 32.0. The number of nitrogens with zero attached hydrogens (tertiary/aromatic N) is 6. The third kappa shape index (κ3) is 18.8. The highest BCUT2D eigenvalue weighted by Gasteiger charge is 2.38. The largest absolute Gasteiger partial charge is 0.486 e. The lowest BCUT2D eigenvalue weighted by molar-refractivity contribution is 0.0742. The Morgan fingerprint density at radius 1 is 0.566 bits per heavy atom. The summed E-state index contributed by atoms with van der Waals surface area (Å²) in [6.45, 7) is 13.9. The summed E-state index contributed by atoms with van der Waals surface area (Å²) < 4.78 is 81.7. The van der Waals surface area contributed by atoms with Crippen molar-refractivity contribution in [1.82, 2.24) is 19.9 Å². The van der Waals surface area contributed by atoms with Gasteiger partial charge in [-0.25, -0.2) is 19.9 Å². The minimum Gasteiger partial charge on any atom is -0.486 e. The number of thiazole rings is 2. The van der Waals surface area contributed by atoms with Gasteiger partial charge in [0.2, 0.25) is 0 Å². The molecule has 0 fully saturated rings. The Labute approximate surface area is 497 Å². The number of aliphatic hydroxyl groups excluding tert-OH is 1. The second kappa shape index (κ2) is 28.6. The van der Waals surface area contributed by atoms with E-state index in [9.17, 15) is 21.9 Å². The number of rotatable bonds is 24. The standard InChI is InChI=1S/C34H43N3O5S2Si.C28H29N3O5S2/c1-25-13-17-29(18-14-25)44(38,39)40-23-28(24-41-45(7,8)34(2,3)4)42-27-16-19-30-31(21-27)43-33(36-30)12-10-9-11-26-15-20-32(35-22-26)37(5)6;1-20-8-12-24(13-9-20)38(33,34)35-19-23(18-32)36-22-11-14-25-26(16-22)37-28(30-25)7-5-4-6-21-10-15-27(29-17-21)31(2)3/h9-22,28H,23-24H2,1-8H3;4-17,23,32H,18-19H2,1-3H3/b11-9+,12-10+;6-4+,7-5+. The minimum atomic E-state index is -3.96. The molecule has 0 saturated heterocycles. The van der Waals surface area contributed by atoms with E-state index in [0.717, 1.165) is 64.3 Å². The number of aryl methyl sites for hydroxylation is 2. The fraction of sp³-hybridized carbons (Fsp3) is 0.290. The van der Waals surface area contributed by atoms with Gasteiger partial charge in [-0.1, -0.05) is 92.6 Å². The van der Waals surface area contributed by atoms with E-state index in [2.05, 4.69) is 48.8 Å². The maximum atomic E-state index is 12.9. The van der Waals surface area contributed by atoms with Crippen LogP contribution < -0.4 is 19.3 Å². The molecule has 0 aliphatic heterocycles. The first-order valence-electron chi connectivity index (χ1n) is 26.6. The summed E-state index contributed by atoms with van der Waals surface area (Å²) in [5, 5.41) is 11.4. The summed E-state index contributed by atoms with van der Waals surface area (Å²) in [6.07, 6.45) is 17.8. The number of allylic oxidation sites excluding steroid dienone is 4. The Morgan fingerprint density at radius 2 is 0.976 bits per heavy atom. The van der Waals surface area contributed by atoms with Crippen LogP contribution in [-0.4, -0.2) is 117 Å². The van der Waals surface area contributed by atoms with Crippen molar-refractivity contribution in [2.45, 2.75) is 74.7 Å². The number of anilines is 2. The number of fused-ring (bicyclic) bond motifs is 2. The predicted molar refractivity (Wildman–Crippen MR) is 340 cm³/mol. The zero-order valence-electron chi connectivity index (χ0n) is 48.6. The lowest BCUT2D eigenvalue weighted by atomic mass is 10.2. The number of hydrogen-bond acceptors (Lipinski definition) is 18. The smallest absolute Gasteiger partial charge is 0.297 e. The number of ether oxygens (including phenoxy) is 2. The monoisotopic (exact) mass is 1220 g/mol. The van der Waals surface area contributed by atoms with Gasteiger partial charge >= 0.3 is 0 Å². The summed E-state index contributed by atoms with van der Waals surface area (Å²) in [5.74, 6) is 2.89. The SMILES string of the molecule is Cc1ccc(S(=O)(=O)OCC(CO)Oc2ccc3nc(/C=C/C=C/c4ccc(N(C)C)nc4)sc3c2)cc1.Cc1ccc(S(=O)(=O)OCC(CO[Si](C)(C)C(C)(C)C)Oc2ccc3nc(/C=C/C=C/c4ccc(N(C)C)nc4)sc3c2)cc1. The Kier molecular flexibility index (Phi) is 21.9. The van der Waals surface area contributed by atoms with Crippen molar-refractivity contribution in [3.63, 3.8) is 0 Å². The van der Waals surface area contributed by atoms with Crippen molar-refractivity contribution in [3.8, 4) is 11.5 Å². The molecule has 2 unspecified atom stereocenters. The first-order valence-corrected chi connectivity index (χ1v) is 34.0. The fourth-order valence-electron chi connectivity index (χ4n) is 7.28. The Morgan fingerprint density at radius 3 is 1.36 bits per heavy atom. The lowest BCUT2D eigenvalue weighted by Crippen LogP contribution is -2.44. The number of aromatic nitrogens is 4. The molecule has 8 rings (SSSR count). The third-order valence-corrected chi connectivity index (χ3v) is 22.2. The first-order chi connectivity index (χ1) is 39.4. The van der Waals surface area contributed by atoms with Gasteiger partial charge < -0.3 is 28.8 Å². The number of pyridine rings is 2. The van der Waals surface area contributed by atoms with Gasteiger partial charge in [0.25, 0.3) is 20.2 Å². The van der Waals surface area contributed by atoms with E-state index < -0.39 is 47.4 Å². The van der Waals surface area contributed by atoms with Crippen LogP contribution in [0.3, 0.4) is 0 Å². The molecular weight excluding hydrogens is 1150 g/mol. The molecule has 438 valence electrons. The normalized spacial score (nSPS) is 13.3. The zero-order chi connectivity index (χ0) is 60.0. The molecule has 1 N–H and O–H groups in total. The van der Waals surface area contributed by atoms with Gasteiger partial charge in [0.15, 0.2) is 8.32 Å². The van der Waals surface area contributed by atoms with Crippen molar-refractivity contribution < 1.29 is 44.2 Å². The lowest BCUT2D eigenvalue weighted by Gasteiger charge is -2.37. The molecule has 4 aromatic heterocycles. The number of aliphatic hydroxyl groups is 1. The third-order valence-electron chi connectivity index (χ3n) is 13.2. The van der Waals surface area contributed by atoms with E-state index in [0.29, 0.717) is 11.5 Å². The second-order valence-electron chi connectivity index (χ2n) is 21.3.